The van der Waals surface area contributed by atoms with Crippen LogP contribution in [0.2, 0.25) is 0 Å². The van der Waals surface area contributed by atoms with E-state index in [2.05, 4.69) is 20.9 Å². The van der Waals surface area contributed by atoms with Gasteiger partial charge in [-0.05, 0) is 22.0 Å². The Bertz CT molecular complexity index is 514. The van der Waals surface area contributed by atoms with Crippen LogP contribution in [0.1, 0.15) is 12.0 Å². The van der Waals surface area contributed by atoms with Gasteiger partial charge in [-0.3, -0.25) is 0 Å². The molecule has 5 heteroatoms. The molecule has 2 nitrogen and oxygen atoms in total. The molecule has 1 heterocycles. The lowest BCUT2D eigenvalue weighted by atomic mass is 10.1. The first-order valence-electron chi connectivity index (χ1n) is 4.23. The lowest BCUT2D eigenvalue weighted by Crippen LogP contribution is -2.00. The van der Waals surface area contributed by atoms with E-state index < -0.39 is 6.43 Å². The number of anilines is 1. The van der Waals surface area contributed by atoms with Crippen molar-refractivity contribution in [1.82, 2.24) is 4.98 Å². The molecule has 0 spiro atoms. The van der Waals surface area contributed by atoms with Crippen molar-refractivity contribution >= 4 is 32.7 Å². The molecule has 0 fully saturated rings. The summed E-state index contributed by atoms with van der Waals surface area (Å²) < 4.78 is 25.7. The Kier molecular flexibility index (Phi) is 2.56. The molecule has 0 aliphatic heterocycles. The largest absolute Gasteiger partial charge is 0.383 e. The van der Waals surface area contributed by atoms with E-state index in [1.54, 1.807) is 24.3 Å². The van der Waals surface area contributed by atoms with E-state index in [9.17, 15) is 8.78 Å². The molecule has 0 bridgehead atoms. The molecule has 0 radical (unpaired) electrons. The van der Waals surface area contributed by atoms with Crippen LogP contribution in [0, 0.1) is 0 Å². The maximum Gasteiger partial charge on any atom is 0.268 e. The quantitative estimate of drug-likeness (QED) is 0.863. The smallest absolute Gasteiger partial charge is 0.268 e. The molecule has 0 amide bonds. The Morgan fingerprint density at radius 3 is 2.60 bits per heavy atom. The molecule has 0 unspecified atom stereocenters. The normalized spacial score (nSPS) is 11.2. The average molecular weight is 273 g/mol. The van der Waals surface area contributed by atoms with Crippen molar-refractivity contribution in [3.63, 3.8) is 0 Å². The van der Waals surface area contributed by atoms with Crippen LogP contribution in [-0.2, 0) is 0 Å². The summed E-state index contributed by atoms with van der Waals surface area (Å²) in [6.07, 6.45) is -2.63. The van der Waals surface area contributed by atoms with Gasteiger partial charge >= 0.3 is 0 Å². The van der Waals surface area contributed by atoms with E-state index in [4.69, 9.17) is 5.73 Å². The molecule has 0 saturated heterocycles. The van der Waals surface area contributed by atoms with E-state index in [1.807, 2.05) is 0 Å². The van der Waals surface area contributed by atoms with Gasteiger partial charge in [-0.1, -0.05) is 18.2 Å². The van der Waals surface area contributed by atoms with Crippen molar-refractivity contribution in [2.45, 2.75) is 6.43 Å². The predicted octanol–water partition coefficient (Wildman–Crippen LogP) is 3.52. The van der Waals surface area contributed by atoms with Gasteiger partial charge in [0.25, 0.3) is 6.43 Å². The number of halogens is 3. The number of benzene rings is 1. The van der Waals surface area contributed by atoms with Gasteiger partial charge in [0.1, 0.15) is 5.82 Å². The highest BCUT2D eigenvalue weighted by molar-refractivity contribution is 9.10. The van der Waals surface area contributed by atoms with E-state index in [0.29, 0.717) is 15.4 Å². The molecular weight excluding hydrogens is 266 g/mol. The lowest BCUT2D eigenvalue weighted by molar-refractivity contribution is 0.151. The van der Waals surface area contributed by atoms with Crippen LogP contribution in [0.25, 0.3) is 10.9 Å². The fourth-order valence-corrected chi connectivity index (χ4v) is 2.12. The summed E-state index contributed by atoms with van der Waals surface area (Å²) in [5.41, 5.74) is 5.83. The molecule has 0 saturated carbocycles. The van der Waals surface area contributed by atoms with Crippen LogP contribution in [0.4, 0.5) is 14.6 Å². The first kappa shape index (κ1) is 10.3. The van der Waals surface area contributed by atoms with Gasteiger partial charge in [-0.25, -0.2) is 13.8 Å². The monoisotopic (exact) mass is 272 g/mol. The van der Waals surface area contributed by atoms with Crippen molar-refractivity contribution < 1.29 is 8.78 Å². The maximum absolute atomic E-state index is 12.7. The number of para-hydroxylation sites is 1. The van der Waals surface area contributed by atoms with Gasteiger partial charge in [0.05, 0.1) is 11.1 Å². The third-order valence-corrected chi connectivity index (χ3v) is 2.97. The molecule has 0 aliphatic carbocycles. The van der Waals surface area contributed by atoms with E-state index in [0.717, 1.165) is 0 Å². The van der Waals surface area contributed by atoms with Crippen LogP contribution in [0.15, 0.2) is 28.7 Å². The number of nitrogens with zero attached hydrogens (tertiary/aromatic N) is 1. The SMILES string of the molecule is Nc1nc2ccccc2c(Br)c1C(F)F. The number of alkyl halides is 2. The molecular formula is C10H7BrF2N2. The minimum Gasteiger partial charge on any atom is -0.383 e. The summed E-state index contributed by atoms with van der Waals surface area (Å²) in [6, 6.07) is 6.99. The van der Waals surface area contributed by atoms with Crippen LogP contribution in [0.3, 0.4) is 0 Å². The van der Waals surface area contributed by atoms with Crippen LogP contribution in [0.5, 0.6) is 0 Å². The first-order chi connectivity index (χ1) is 7.11. The van der Waals surface area contributed by atoms with E-state index in [1.165, 1.54) is 0 Å². The number of nitrogens with two attached hydrogens (primary N) is 1. The zero-order chi connectivity index (χ0) is 11.0. The van der Waals surface area contributed by atoms with Crippen LogP contribution >= 0.6 is 15.9 Å². The van der Waals surface area contributed by atoms with Crippen molar-refractivity contribution in [2.75, 3.05) is 5.73 Å². The van der Waals surface area contributed by atoms with Crippen molar-refractivity contribution in [3.8, 4) is 0 Å². The fraction of sp³-hybridized carbons (Fsp3) is 0.100. The van der Waals surface area contributed by atoms with Gasteiger partial charge in [-0.15, -0.1) is 0 Å². The summed E-state index contributed by atoms with van der Waals surface area (Å²) in [7, 11) is 0. The van der Waals surface area contributed by atoms with Gasteiger partial charge < -0.3 is 5.73 Å². The Balaban J connectivity index is 2.84. The minimum atomic E-state index is -2.63. The van der Waals surface area contributed by atoms with Crippen LogP contribution in [-0.4, -0.2) is 4.98 Å². The zero-order valence-electron chi connectivity index (χ0n) is 7.55. The second kappa shape index (κ2) is 3.73. The molecule has 2 N–H and O–H groups in total. The van der Waals surface area contributed by atoms with Gasteiger partial charge in [0, 0.05) is 9.86 Å². The van der Waals surface area contributed by atoms with Crippen LogP contribution < -0.4 is 5.73 Å². The van der Waals surface area contributed by atoms with Crippen molar-refractivity contribution in [3.05, 3.63) is 34.3 Å². The lowest BCUT2D eigenvalue weighted by Gasteiger charge is -2.09. The fourth-order valence-electron chi connectivity index (χ4n) is 1.41. The average Bonchev–Trinajstić information content (AvgIpc) is 2.17. The molecule has 1 aromatic heterocycles. The molecule has 1 aromatic carbocycles. The summed E-state index contributed by atoms with van der Waals surface area (Å²) in [5.74, 6) is -0.129. The molecule has 2 aromatic rings. The highest BCUT2D eigenvalue weighted by Gasteiger charge is 2.18. The molecule has 15 heavy (non-hydrogen) atoms. The molecule has 0 aliphatic rings. The van der Waals surface area contributed by atoms with Gasteiger partial charge in [0.2, 0.25) is 0 Å². The topological polar surface area (TPSA) is 38.9 Å². The number of pyridine rings is 1. The molecule has 2 rings (SSSR count). The summed E-state index contributed by atoms with van der Waals surface area (Å²) in [6.45, 7) is 0. The highest BCUT2D eigenvalue weighted by Crippen LogP contribution is 2.36. The zero-order valence-corrected chi connectivity index (χ0v) is 9.13. The molecule has 0 atom stereocenters. The number of aromatic nitrogens is 1. The van der Waals surface area contributed by atoms with Crippen molar-refractivity contribution in [2.24, 2.45) is 0 Å². The summed E-state index contributed by atoms with van der Waals surface area (Å²) >= 11 is 3.13. The number of rotatable bonds is 1. The second-order valence-corrected chi connectivity index (χ2v) is 3.84. The van der Waals surface area contributed by atoms with E-state index >= 15 is 0 Å². The Morgan fingerprint density at radius 1 is 1.27 bits per heavy atom. The highest BCUT2D eigenvalue weighted by atomic mass is 79.9. The van der Waals surface area contributed by atoms with E-state index in [-0.39, 0.29) is 11.4 Å². The number of hydrogen-bond donors (Lipinski definition) is 1. The number of hydrogen-bond acceptors (Lipinski definition) is 2. The third-order valence-electron chi connectivity index (χ3n) is 2.11. The third kappa shape index (κ3) is 1.67. The van der Waals surface area contributed by atoms with Gasteiger partial charge in [-0.2, -0.15) is 0 Å². The maximum atomic E-state index is 12.7. The standard InChI is InChI=1S/C10H7BrF2N2/c11-8-5-3-1-2-4-6(5)15-10(14)7(8)9(12)13/h1-4,9H,(H2,14,15). The predicted molar refractivity (Wildman–Crippen MR) is 58.8 cm³/mol. The second-order valence-electron chi connectivity index (χ2n) is 3.04. The molecule has 78 valence electrons. The Morgan fingerprint density at radius 2 is 1.93 bits per heavy atom. The van der Waals surface area contributed by atoms with Gasteiger partial charge in [0.15, 0.2) is 0 Å². The number of fused-ring (bicyclic) bond motifs is 1. The minimum absolute atomic E-state index is 0.129. The summed E-state index contributed by atoms with van der Waals surface area (Å²) in [5, 5.41) is 0.641. The number of nitrogen functional groups attached to an aromatic ring is 1. The Hall–Kier alpha value is -1.23. The Labute approximate surface area is 93.2 Å². The van der Waals surface area contributed by atoms with Crippen molar-refractivity contribution in [1.29, 1.82) is 0 Å². The first-order valence-corrected chi connectivity index (χ1v) is 5.02. The summed E-state index contributed by atoms with van der Waals surface area (Å²) in [4.78, 5) is 3.93.